The normalized spacial score (nSPS) is 11.0. The van der Waals surface area contributed by atoms with Crippen molar-refractivity contribution >= 4 is 28.1 Å². The van der Waals surface area contributed by atoms with E-state index >= 15 is 0 Å². The number of hydrogen-bond acceptors (Lipinski definition) is 4. The van der Waals surface area contributed by atoms with Crippen molar-refractivity contribution < 1.29 is 9.90 Å². The number of fused-ring (bicyclic) bond motifs is 1. The Morgan fingerprint density at radius 2 is 2.00 bits per heavy atom. The molecule has 0 atom stereocenters. The summed E-state index contributed by atoms with van der Waals surface area (Å²) < 4.78 is 0. The molecule has 0 aliphatic rings. The van der Waals surface area contributed by atoms with Crippen molar-refractivity contribution in [3.8, 4) is 0 Å². The standard InChI is InChI=1S/C19H20N2O3S/c1-12-5-6-13(2)17-15(12)10-14(18(23)20-17)11-21(7-8-22)19(24)16-4-3-9-25-16/h3-6,9-10,22H,7-8,11H2,1-2H3,(H,20,23). The molecular formula is C19H20N2O3S. The van der Waals surface area contributed by atoms with Crippen LogP contribution in [0.5, 0.6) is 0 Å². The van der Waals surface area contributed by atoms with Gasteiger partial charge in [0.15, 0.2) is 0 Å². The minimum absolute atomic E-state index is 0.152. The Balaban J connectivity index is 2.00. The molecule has 1 aromatic carbocycles. The van der Waals surface area contributed by atoms with Gasteiger partial charge in [0.25, 0.3) is 11.5 Å². The van der Waals surface area contributed by atoms with E-state index in [1.54, 1.807) is 6.07 Å². The maximum Gasteiger partial charge on any atom is 0.264 e. The minimum Gasteiger partial charge on any atom is -0.395 e. The van der Waals surface area contributed by atoms with Crippen molar-refractivity contribution in [1.29, 1.82) is 0 Å². The maximum absolute atomic E-state index is 12.6. The smallest absolute Gasteiger partial charge is 0.264 e. The lowest BCUT2D eigenvalue weighted by Crippen LogP contribution is -2.34. The number of aromatic nitrogens is 1. The summed E-state index contributed by atoms with van der Waals surface area (Å²) in [4.78, 5) is 30.1. The number of aryl methyl sites for hydroxylation is 2. The van der Waals surface area contributed by atoms with Crippen molar-refractivity contribution in [2.45, 2.75) is 20.4 Å². The molecule has 0 radical (unpaired) electrons. The van der Waals surface area contributed by atoms with Crippen LogP contribution in [0, 0.1) is 13.8 Å². The number of hydrogen-bond donors (Lipinski definition) is 2. The highest BCUT2D eigenvalue weighted by molar-refractivity contribution is 7.12. The Labute approximate surface area is 149 Å². The monoisotopic (exact) mass is 356 g/mol. The van der Waals surface area contributed by atoms with E-state index in [0.717, 1.165) is 22.0 Å². The zero-order valence-corrected chi connectivity index (χ0v) is 15.0. The van der Waals surface area contributed by atoms with E-state index in [4.69, 9.17) is 0 Å². The number of benzene rings is 1. The van der Waals surface area contributed by atoms with Crippen LogP contribution in [-0.2, 0) is 6.54 Å². The zero-order chi connectivity index (χ0) is 18.0. The van der Waals surface area contributed by atoms with Gasteiger partial charge in [-0.05, 0) is 42.5 Å². The SMILES string of the molecule is Cc1ccc(C)c2[nH]c(=O)c(CN(CCO)C(=O)c3cccs3)cc12. The summed E-state index contributed by atoms with van der Waals surface area (Å²) in [5.74, 6) is -0.176. The molecule has 5 nitrogen and oxygen atoms in total. The fourth-order valence-electron chi connectivity index (χ4n) is 2.87. The highest BCUT2D eigenvalue weighted by atomic mass is 32.1. The lowest BCUT2D eigenvalue weighted by atomic mass is 10.0. The molecule has 1 amide bonds. The molecule has 0 saturated carbocycles. The summed E-state index contributed by atoms with van der Waals surface area (Å²) in [7, 11) is 0. The van der Waals surface area contributed by atoms with Crippen LogP contribution < -0.4 is 5.56 Å². The van der Waals surface area contributed by atoms with Gasteiger partial charge in [0.1, 0.15) is 0 Å². The first kappa shape index (κ1) is 17.4. The molecule has 3 rings (SSSR count). The van der Waals surface area contributed by atoms with Crippen molar-refractivity contribution in [3.63, 3.8) is 0 Å². The lowest BCUT2D eigenvalue weighted by molar-refractivity contribution is 0.0712. The van der Waals surface area contributed by atoms with E-state index in [0.29, 0.717) is 10.4 Å². The molecule has 130 valence electrons. The Morgan fingerprint density at radius 1 is 1.24 bits per heavy atom. The third kappa shape index (κ3) is 3.50. The fraction of sp³-hybridized carbons (Fsp3) is 0.263. The topological polar surface area (TPSA) is 73.4 Å². The van der Waals surface area contributed by atoms with E-state index in [2.05, 4.69) is 4.98 Å². The summed E-state index contributed by atoms with van der Waals surface area (Å²) >= 11 is 1.35. The van der Waals surface area contributed by atoms with Gasteiger partial charge in [0.05, 0.1) is 23.5 Å². The highest BCUT2D eigenvalue weighted by Gasteiger charge is 2.18. The van der Waals surface area contributed by atoms with Gasteiger partial charge < -0.3 is 15.0 Å². The van der Waals surface area contributed by atoms with Gasteiger partial charge in [-0.15, -0.1) is 11.3 Å². The number of carbonyl (C=O) groups excluding carboxylic acids is 1. The molecule has 6 heteroatoms. The lowest BCUT2D eigenvalue weighted by Gasteiger charge is -2.21. The molecule has 2 N–H and O–H groups in total. The largest absolute Gasteiger partial charge is 0.395 e. The van der Waals surface area contributed by atoms with Crippen LogP contribution in [0.25, 0.3) is 10.9 Å². The van der Waals surface area contributed by atoms with Crippen molar-refractivity contribution in [3.05, 3.63) is 67.6 Å². The molecule has 0 saturated heterocycles. The molecular weight excluding hydrogens is 336 g/mol. The number of aromatic amines is 1. The van der Waals surface area contributed by atoms with Crippen LogP contribution in [0.2, 0.25) is 0 Å². The number of pyridine rings is 1. The number of nitrogens with one attached hydrogen (secondary N) is 1. The van der Waals surface area contributed by atoms with Crippen molar-refractivity contribution in [1.82, 2.24) is 9.88 Å². The first-order chi connectivity index (χ1) is 12.0. The molecule has 0 aliphatic heterocycles. The number of thiophene rings is 1. The second-order valence-corrected chi connectivity index (χ2v) is 6.99. The minimum atomic E-state index is -0.205. The predicted molar refractivity (Wildman–Crippen MR) is 100 cm³/mol. The predicted octanol–water partition coefficient (Wildman–Crippen LogP) is 2.84. The average molecular weight is 356 g/mol. The number of rotatable bonds is 5. The molecule has 0 unspecified atom stereocenters. The van der Waals surface area contributed by atoms with Crippen molar-refractivity contribution in [2.24, 2.45) is 0 Å². The second-order valence-electron chi connectivity index (χ2n) is 6.04. The summed E-state index contributed by atoms with van der Waals surface area (Å²) in [6, 6.07) is 9.40. The quantitative estimate of drug-likeness (QED) is 0.738. The molecule has 0 fully saturated rings. The van der Waals surface area contributed by atoms with Crippen LogP contribution in [0.3, 0.4) is 0 Å². The van der Waals surface area contributed by atoms with Crippen LogP contribution in [-0.4, -0.2) is 34.0 Å². The van der Waals surface area contributed by atoms with Crippen LogP contribution >= 0.6 is 11.3 Å². The number of carbonyl (C=O) groups is 1. The van der Waals surface area contributed by atoms with Gasteiger partial charge >= 0.3 is 0 Å². The van der Waals surface area contributed by atoms with Gasteiger partial charge in [0.2, 0.25) is 0 Å². The molecule has 3 aromatic rings. The van der Waals surface area contributed by atoms with E-state index < -0.39 is 0 Å². The summed E-state index contributed by atoms with van der Waals surface area (Å²) in [5.41, 5.74) is 3.21. The Morgan fingerprint density at radius 3 is 2.68 bits per heavy atom. The second kappa shape index (κ2) is 7.21. The van der Waals surface area contributed by atoms with E-state index in [1.807, 2.05) is 43.5 Å². The van der Waals surface area contributed by atoms with Gasteiger partial charge in [-0.25, -0.2) is 0 Å². The number of H-pyrrole nitrogens is 1. The number of aliphatic hydroxyl groups excluding tert-OH is 1. The molecule has 2 aromatic heterocycles. The summed E-state index contributed by atoms with van der Waals surface area (Å²) in [5, 5.41) is 12.1. The first-order valence-electron chi connectivity index (χ1n) is 8.07. The first-order valence-corrected chi connectivity index (χ1v) is 8.95. The maximum atomic E-state index is 12.6. The van der Waals surface area contributed by atoms with Gasteiger partial charge in [-0.3, -0.25) is 9.59 Å². The Hall–Kier alpha value is -2.44. The number of amides is 1. The van der Waals surface area contributed by atoms with E-state index in [9.17, 15) is 14.7 Å². The molecule has 0 aliphatic carbocycles. The summed E-state index contributed by atoms with van der Waals surface area (Å²) in [6.07, 6.45) is 0. The third-order valence-electron chi connectivity index (χ3n) is 4.27. The van der Waals surface area contributed by atoms with Crippen LogP contribution in [0.1, 0.15) is 26.4 Å². The van der Waals surface area contributed by atoms with Crippen LogP contribution in [0.4, 0.5) is 0 Å². The fourth-order valence-corrected chi connectivity index (χ4v) is 3.56. The van der Waals surface area contributed by atoms with Gasteiger partial charge in [-0.1, -0.05) is 18.2 Å². The van der Waals surface area contributed by atoms with Gasteiger partial charge in [-0.2, -0.15) is 0 Å². The van der Waals surface area contributed by atoms with Crippen LogP contribution in [0.15, 0.2) is 40.5 Å². The highest BCUT2D eigenvalue weighted by Crippen LogP contribution is 2.21. The number of nitrogens with zero attached hydrogens (tertiary/aromatic N) is 1. The molecule has 2 heterocycles. The van der Waals surface area contributed by atoms with E-state index in [1.165, 1.54) is 16.2 Å². The molecule has 0 bridgehead atoms. The van der Waals surface area contributed by atoms with E-state index in [-0.39, 0.29) is 31.2 Å². The van der Waals surface area contributed by atoms with Crippen molar-refractivity contribution in [2.75, 3.05) is 13.2 Å². The van der Waals surface area contributed by atoms with Gasteiger partial charge in [0, 0.05) is 17.5 Å². The Kier molecular flexibility index (Phi) is 5.01. The molecule has 25 heavy (non-hydrogen) atoms. The summed E-state index contributed by atoms with van der Waals surface area (Å²) in [6.45, 7) is 4.14. The number of aliphatic hydroxyl groups is 1. The third-order valence-corrected chi connectivity index (χ3v) is 5.13. The zero-order valence-electron chi connectivity index (χ0n) is 14.2. The average Bonchev–Trinajstić information content (AvgIpc) is 3.13. The molecule has 0 spiro atoms. The Bertz CT molecular complexity index is 961.